The molecule has 0 unspecified atom stereocenters. The van der Waals surface area contributed by atoms with Crippen LogP contribution in [0.15, 0.2) is 182 Å². The highest BCUT2D eigenvalue weighted by Gasteiger charge is 2.27. The minimum Gasteiger partial charge on any atom is -0.253 e. The molecule has 0 atom stereocenters. The van der Waals surface area contributed by atoms with E-state index in [-0.39, 0.29) is 16.2 Å². The van der Waals surface area contributed by atoms with Gasteiger partial charge in [-0.2, -0.15) is 0 Å². The molecule has 334 valence electrons. The Balaban J connectivity index is 1.11. The van der Waals surface area contributed by atoms with Gasteiger partial charge < -0.3 is 0 Å². The summed E-state index contributed by atoms with van der Waals surface area (Å²) in [5.74, 6) is 1.44. The lowest BCUT2D eigenvalue weighted by molar-refractivity contribution is 0.505. The summed E-state index contributed by atoms with van der Waals surface area (Å²) in [6.45, 7) is 17.8. The number of hydrogen-bond donors (Lipinski definition) is 0. The van der Waals surface area contributed by atoms with Gasteiger partial charge in [0.1, 0.15) is 0 Å². The van der Waals surface area contributed by atoms with E-state index >= 15 is 0 Å². The number of benzene rings is 6. The first-order chi connectivity index (χ1) is 32.7. The highest BCUT2D eigenvalue weighted by Crippen LogP contribution is 2.40. The second-order valence-electron chi connectivity index (χ2n) is 20.7. The van der Waals surface area contributed by atoms with Gasteiger partial charge in [-0.25, -0.2) is 24.9 Å². The SMILES string of the molecule is CC(C)(C)c1cc(-c2cccc(-c3ccc(CC(C)(C)c4cc(-c5ccccc5)nc(-c5ccccc5)n4)cc3-c3cnc4c(ccc5ccc(C(C)(C)C)nc54)c3)c2)nc(-c2ccccc2)n1. The summed E-state index contributed by atoms with van der Waals surface area (Å²) in [7, 11) is 0. The van der Waals surface area contributed by atoms with Gasteiger partial charge in [-0.15, -0.1) is 0 Å². The molecule has 0 aliphatic heterocycles. The second kappa shape index (κ2) is 17.5. The Morgan fingerprint density at radius 2 is 0.897 bits per heavy atom. The molecule has 0 saturated heterocycles. The van der Waals surface area contributed by atoms with Crippen LogP contribution in [0.1, 0.15) is 78.0 Å². The molecule has 10 rings (SSSR count). The molecule has 4 aromatic heterocycles. The van der Waals surface area contributed by atoms with Crippen LogP contribution in [0.2, 0.25) is 0 Å². The van der Waals surface area contributed by atoms with Crippen LogP contribution in [0.25, 0.3) is 89.4 Å². The number of fused-ring (bicyclic) bond motifs is 3. The molecule has 0 spiro atoms. The van der Waals surface area contributed by atoms with Crippen LogP contribution in [0.5, 0.6) is 0 Å². The third kappa shape index (κ3) is 9.07. The van der Waals surface area contributed by atoms with Crippen LogP contribution in [-0.4, -0.2) is 29.9 Å². The number of aromatic nitrogens is 6. The van der Waals surface area contributed by atoms with E-state index in [0.29, 0.717) is 0 Å². The third-order valence-electron chi connectivity index (χ3n) is 12.8. The molecule has 68 heavy (non-hydrogen) atoms. The van der Waals surface area contributed by atoms with E-state index in [2.05, 4.69) is 189 Å². The first kappa shape index (κ1) is 44.2. The Labute approximate surface area is 400 Å². The van der Waals surface area contributed by atoms with E-state index in [1.54, 1.807) is 0 Å². The van der Waals surface area contributed by atoms with Crippen molar-refractivity contribution >= 4 is 21.8 Å². The normalized spacial score (nSPS) is 12.2. The topological polar surface area (TPSA) is 77.3 Å². The van der Waals surface area contributed by atoms with Crippen LogP contribution in [0.3, 0.4) is 0 Å². The first-order valence-electron chi connectivity index (χ1n) is 23.6. The third-order valence-corrected chi connectivity index (χ3v) is 12.8. The van der Waals surface area contributed by atoms with E-state index in [4.69, 9.17) is 29.9 Å². The Kier molecular flexibility index (Phi) is 11.4. The highest BCUT2D eigenvalue weighted by atomic mass is 14.9. The lowest BCUT2D eigenvalue weighted by Gasteiger charge is -2.26. The fraction of sp³-hybridized carbons (Fsp3) is 0.194. The van der Waals surface area contributed by atoms with Crippen LogP contribution in [-0.2, 0) is 22.7 Å². The molecule has 0 saturated carbocycles. The lowest BCUT2D eigenvalue weighted by Crippen LogP contribution is -2.23. The van der Waals surface area contributed by atoms with Gasteiger partial charge in [0, 0.05) is 66.7 Å². The van der Waals surface area contributed by atoms with Crippen molar-refractivity contribution < 1.29 is 0 Å². The van der Waals surface area contributed by atoms with Gasteiger partial charge >= 0.3 is 0 Å². The summed E-state index contributed by atoms with van der Waals surface area (Å²) in [5, 5.41) is 2.13. The molecule has 6 heteroatoms. The van der Waals surface area contributed by atoms with Gasteiger partial charge in [-0.05, 0) is 59.0 Å². The predicted octanol–water partition coefficient (Wildman–Crippen LogP) is 15.5. The summed E-state index contributed by atoms with van der Waals surface area (Å²) in [6, 6.07) is 61.8. The fourth-order valence-electron chi connectivity index (χ4n) is 8.95. The highest BCUT2D eigenvalue weighted by molar-refractivity contribution is 6.04. The molecule has 4 heterocycles. The minimum atomic E-state index is -0.361. The molecule has 0 amide bonds. The summed E-state index contributed by atoms with van der Waals surface area (Å²) < 4.78 is 0. The van der Waals surface area contributed by atoms with Crippen molar-refractivity contribution in [1.82, 2.24) is 29.9 Å². The minimum absolute atomic E-state index is 0.0881. The van der Waals surface area contributed by atoms with Gasteiger partial charge in [0.15, 0.2) is 11.6 Å². The molecule has 0 radical (unpaired) electrons. The van der Waals surface area contributed by atoms with Crippen LogP contribution >= 0.6 is 0 Å². The van der Waals surface area contributed by atoms with Crippen molar-refractivity contribution in [3.8, 4) is 67.5 Å². The second-order valence-corrected chi connectivity index (χ2v) is 20.7. The van der Waals surface area contributed by atoms with Crippen molar-refractivity contribution in [3.63, 3.8) is 0 Å². The van der Waals surface area contributed by atoms with Crippen molar-refractivity contribution in [2.24, 2.45) is 0 Å². The van der Waals surface area contributed by atoms with E-state index in [1.807, 2.05) is 48.7 Å². The average molecular weight is 885 g/mol. The monoisotopic (exact) mass is 884 g/mol. The van der Waals surface area contributed by atoms with Gasteiger partial charge in [0.2, 0.25) is 0 Å². The van der Waals surface area contributed by atoms with E-state index < -0.39 is 0 Å². The van der Waals surface area contributed by atoms with E-state index in [0.717, 1.165) is 113 Å². The molecule has 0 aliphatic rings. The zero-order valence-electron chi connectivity index (χ0n) is 40.2. The molecule has 0 fully saturated rings. The fourth-order valence-corrected chi connectivity index (χ4v) is 8.95. The lowest BCUT2D eigenvalue weighted by atomic mass is 9.80. The van der Waals surface area contributed by atoms with Gasteiger partial charge in [-0.3, -0.25) is 4.98 Å². The van der Waals surface area contributed by atoms with E-state index in [9.17, 15) is 0 Å². The maximum Gasteiger partial charge on any atom is 0.160 e. The largest absolute Gasteiger partial charge is 0.253 e. The summed E-state index contributed by atoms with van der Waals surface area (Å²) in [6.07, 6.45) is 2.77. The molecule has 10 aromatic rings. The Morgan fingerprint density at radius 1 is 0.353 bits per heavy atom. The molecular weight excluding hydrogens is 829 g/mol. The van der Waals surface area contributed by atoms with Crippen molar-refractivity contribution in [2.45, 2.75) is 78.1 Å². The average Bonchev–Trinajstić information content (AvgIpc) is 3.36. The van der Waals surface area contributed by atoms with Crippen LogP contribution in [0, 0.1) is 0 Å². The quantitative estimate of drug-likeness (QED) is 0.134. The zero-order valence-corrected chi connectivity index (χ0v) is 40.2. The van der Waals surface area contributed by atoms with Gasteiger partial charge in [0.25, 0.3) is 0 Å². The number of hydrogen-bond acceptors (Lipinski definition) is 6. The van der Waals surface area contributed by atoms with Crippen LogP contribution < -0.4 is 0 Å². The Bertz CT molecular complexity index is 3400. The first-order valence-corrected chi connectivity index (χ1v) is 23.6. The number of nitrogens with zero attached hydrogens (tertiary/aromatic N) is 6. The van der Waals surface area contributed by atoms with Crippen molar-refractivity contribution in [1.29, 1.82) is 0 Å². The summed E-state index contributed by atoms with van der Waals surface area (Å²) in [4.78, 5) is 31.0. The standard InChI is InChI=1S/C62H56N6/c1-60(2,3)53-32-30-42-28-29-47-35-48(39-63-56(47)57(42)66-53)50-33-40(38-62(7,8)55-37-51(41-19-12-9-13-20-41)64-59(68-55)44-23-16-11-17-24-44)27-31-49(50)45-25-18-26-46(34-45)52-36-54(61(4,5)6)67-58(65-52)43-21-14-10-15-22-43/h9-37,39H,38H2,1-8H3. The van der Waals surface area contributed by atoms with Crippen LogP contribution in [0.4, 0.5) is 0 Å². The maximum atomic E-state index is 5.27. The Morgan fingerprint density at radius 3 is 1.54 bits per heavy atom. The Hall–Kier alpha value is -7.70. The molecule has 6 nitrogen and oxygen atoms in total. The molecule has 0 bridgehead atoms. The summed E-state index contributed by atoms with van der Waals surface area (Å²) in [5.41, 5.74) is 15.6. The molecular formula is C62H56N6. The zero-order chi connectivity index (χ0) is 47.2. The van der Waals surface area contributed by atoms with Gasteiger partial charge in [0.05, 0.1) is 33.8 Å². The molecule has 6 aromatic carbocycles. The van der Waals surface area contributed by atoms with E-state index in [1.165, 1.54) is 5.56 Å². The van der Waals surface area contributed by atoms with Crippen molar-refractivity contribution in [2.75, 3.05) is 0 Å². The smallest absolute Gasteiger partial charge is 0.160 e. The molecule has 0 aliphatic carbocycles. The van der Waals surface area contributed by atoms with Gasteiger partial charge in [-0.1, -0.05) is 201 Å². The maximum absolute atomic E-state index is 5.27. The predicted molar refractivity (Wildman–Crippen MR) is 281 cm³/mol. The number of rotatable bonds is 9. The molecule has 0 N–H and O–H groups in total. The number of pyridine rings is 2. The summed E-state index contributed by atoms with van der Waals surface area (Å²) >= 11 is 0. The van der Waals surface area contributed by atoms with Crippen molar-refractivity contribution in [3.05, 3.63) is 205 Å².